The van der Waals surface area contributed by atoms with Gasteiger partial charge in [0, 0.05) is 25.2 Å². The molecule has 1 fully saturated rings. The fourth-order valence-electron chi connectivity index (χ4n) is 3.43. The molecule has 7 heteroatoms. The molecule has 3 heterocycles. The van der Waals surface area contributed by atoms with Gasteiger partial charge in [0.15, 0.2) is 0 Å². The van der Waals surface area contributed by atoms with E-state index in [9.17, 15) is 4.79 Å². The summed E-state index contributed by atoms with van der Waals surface area (Å²) in [5.41, 5.74) is 4.86. The Kier molecular flexibility index (Phi) is 4.71. The van der Waals surface area contributed by atoms with Gasteiger partial charge in [-0.3, -0.25) is 19.5 Å². The lowest BCUT2D eigenvalue weighted by molar-refractivity contribution is -0.117. The highest BCUT2D eigenvalue weighted by Gasteiger charge is 2.25. The minimum absolute atomic E-state index is 0.0214. The summed E-state index contributed by atoms with van der Waals surface area (Å²) in [5, 5.41) is 14.8. The van der Waals surface area contributed by atoms with Crippen LogP contribution in [0.1, 0.15) is 41.5 Å². The lowest BCUT2D eigenvalue weighted by atomic mass is 9.94. The van der Waals surface area contributed by atoms with Gasteiger partial charge in [0.25, 0.3) is 0 Å². The number of carbonyl (C=O) groups is 1. The highest BCUT2D eigenvalue weighted by atomic mass is 16.2. The van der Waals surface area contributed by atoms with Crippen LogP contribution < -0.4 is 5.32 Å². The van der Waals surface area contributed by atoms with E-state index in [1.807, 2.05) is 27.8 Å². The fourth-order valence-corrected chi connectivity index (χ4v) is 3.43. The van der Waals surface area contributed by atoms with Gasteiger partial charge in [-0.15, -0.1) is 0 Å². The van der Waals surface area contributed by atoms with E-state index >= 15 is 0 Å². The molecule has 2 aromatic heterocycles. The Morgan fingerprint density at radius 1 is 1.42 bits per heavy atom. The van der Waals surface area contributed by atoms with Crippen molar-refractivity contribution in [2.24, 2.45) is 7.05 Å². The van der Waals surface area contributed by atoms with Crippen molar-refractivity contribution in [2.45, 2.75) is 39.5 Å². The number of amides is 1. The van der Waals surface area contributed by atoms with Crippen molar-refractivity contribution < 1.29 is 4.79 Å². The van der Waals surface area contributed by atoms with E-state index in [0.29, 0.717) is 12.5 Å². The number of nitrogens with zero attached hydrogens (tertiary/aromatic N) is 4. The number of aryl methyl sites for hydroxylation is 3. The first-order valence-corrected chi connectivity index (χ1v) is 8.48. The first kappa shape index (κ1) is 16.7. The number of hydrogen-bond donors (Lipinski definition) is 2. The average Bonchev–Trinajstić information content (AvgIpc) is 3.07. The topological polar surface area (TPSA) is 78.8 Å². The van der Waals surface area contributed by atoms with Gasteiger partial charge in [0.05, 0.1) is 29.3 Å². The minimum Gasteiger partial charge on any atom is -0.322 e. The van der Waals surface area contributed by atoms with Crippen LogP contribution in [0, 0.1) is 20.8 Å². The molecular weight excluding hydrogens is 304 g/mol. The van der Waals surface area contributed by atoms with Crippen LogP contribution in [-0.4, -0.2) is 50.4 Å². The summed E-state index contributed by atoms with van der Waals surface area (Å²) in [6, 6.07) is 2.11. The number of anilines is 1. The number of aromatic amines is 1. The zero-order valence-electron chi connectivity index (χ0n) is 14.9. The van der Waals surface area contributed by atoms with Crippen LogP contribution in [0.2, 0.25) is 0 Å². The van der Waals surface area contributed by atoms with Crippen LogP contribution in [0.3, 0.4) is 0 Å². The van der Waals surface area contributed by atoms with Crippen LogP contribution in [0.25, 0.3) is 0 Å². The number of aromatic nitrogens is 4. The Morgan fingerprint density at radius 2 is 2.21 bits per heavy atom. The average molecular weight is 330 g/mol. The first-order valence-electron chi connectivity index (χ1n) is 8.48. The second kappa shape index (κ2) is 6.76. The van der Waals surface area contributed by atoms with E-state index in [0.717, 1.165) is 54.4 Å². The van der Waals surface area contributed by atoms with Crippen LogP contribution in [-0.2, 0) is 11.8 Å². The van der Waals surface area contributed by atoms with E-state index in [4.69, 9.17) is 0 Å². The number of hydrogen-bond acceptors (Lipinski definition) is 4. The van der Waals surface area contributed by atoms with Crippen molar-refractivity contribution in [3.63, 3.8) is 0 Å². The van der Waals surface area contributed by atoms with E-state index < -0.39 is 0 Å². The normalized spacial score (nSPS) is 18.8. The summed E-state index contributed by atoms with van der Waals surface area (Å²) >= 11 is 0. The number of likely N-dealkylation sites (tertiary alicyclic amines) is 1. The number of piperidine rings is 1. The highest BCUT2D eigenvalue weighted by Crippen LogP contribution is 2.26. The highest BCUT2D eigenvalue weighted by molar-refractivity contribution is 5.93. The maximum absolute atomic E-state index is 12.4. The molecule has 1 atom stereocenters. The van der Waals surface area contributed by atoms with Gasteiger partial charge in [0.1, 0.15) is 0 Å². The van der Waals surface area contributed by atoms with Gasteiger partial charge in [-0.2, -0.15) is 10.2 Å². The van der Waals surface area contributed by atoms with Crippen molar-refractivity contribution in [3.8, 4) is 0 Å². The van der Waals surface area contributed by atoms with Crippen LogP contribution in [0.5, 0.6) is 0 Å². The second-order valence-electron chi connectivity index (χ2n) is 6.77. The zero-order valence-corrected chi connectivity index (χ0v) is 14.9. The van der Waals surface area contributed by atoms with Gasteiger partial charge >= 0.3 is 0 Å². The van der Waals surface area contributed by atoms with Crippen molar-refractivity contribution >= 4 is 11.6 Å². The summed E-state index contributed by atoms with van der Waals surface area (Å²) in [7, 11) is 1.89. The summed E-state index contributed by atoms with van der Waals surface area (Å²) in [6.07, 6.45) is 2.22. The SMILES string of the molecule is Cc1cc([C@@H]2CCCN(CC(=O)Nc3c(C)nn(C)c3C)C2)n[nH]1. The predicted molar refractivity (Wildman–Crippen MR) is 93.1 cm³/mol. The standard InChI is InChI=1S/C17H26N6O/c1-11-8-15(20-19-11)14-6-5-7-23(9-14)10-16(24)18-17-12(2)21-22(4)13(17)3/h8,14H,5-7,9-10H2,1-4H3,(H,18,24)(H,19,20)/t14-/m1/s1. The van der Waals surface area contributed by atoms with Gasteiger partial charge in [-0.25, -0.2) is 0 Å². The molecule has 1 amide bonds. The molecule has 0 unspecified atom stereocenters. The fraction of sp³-hybridized carbons (Fsp3) is 0.588. The van der Waals surface area contributed by atoms with Crippen LogP contribution >= 0.6 is 0 Å². The summed E-state index contributed by atoms with van der Waals surface area (Å²) in [6.45, 7) is 8.14. The van der Waals surface area contributed by atoms with E-state index in [1.165, 1.54) is 0 Å². The number of H-pyrrole nitrogens is 1. The van der Waals surface area contributed by atoms with Gasteiger partial charge < -0.3 is 5.32 Å². The number of rotatable bonds is 4. The van der Waals surface area contributed by atoms with Crippen molar-refractivity contribution in [1.29, 1.82) is 0 Å². The molecule has 7 nitrogen and oxygen atoms in total. The molecule has 0 saturated carbocycles. The molecule has 1 aliphatic rings. The Balaban J connectivity index is 1.60. The first-order chi connectivity index (χ1) is 11.4. The quantitative estimate of drug-likeness (QED) is 0.897. The maximum Gasteiger partial charge on any atom is 0.238 e. The lowest BCUT2D eigenvalue weighted by Gasteiger charge is -2.31. The maximum atomic E-state index is 12.4. The van der Waals surface area contributed by atoms with E-state index in [-0.39, 0.29) is 5.91 Å². The number of carbonyl (C=O) groups excluding carboxylic acids is 1. The smallest absolute Gasteiger partial charge is 0.238 e. The Labute approximate surface area is 142 Å². The molecule has 0 bridgehead atoms. The summed E-state index contributed by atoms with van der Waals surface area (Å²) in [4.78, 5) is 14.6. The Morgan fingerprint density at radius 3 is 2.83 bits per heavy atom. The van der Waals surface area contributed by atoms with Crippen LogP contribution in [0.15, 0.2) is 6.07 Å². The van der Waals surface area contributed by atoms with Crippen molar-refractivity contribution in [3.05, 3.63) is 28.8 Å². The summed E-state index contributed by atoms with van der Waals surface area (Å²) in [5.74, 6) is 0.423. The Hall–Kier alpha value is -2.15. The van der Waals surface area contributed by atoms with Crippen molar-refractivity contribution in [1.82, 2.24) is 24.9 Å². The third-order valence-electron chi connectivity index (χ3n) is 4.79. The van der Waals surface area contributed by atoms with E-state index in [2.05, 4.69) is 31.6 Å². The Bertz CT molecular complexity index is 732. The predicted octanol–water partition coefficient (Wildman–Crippen LogP) is 1.89. The minimum atomic E-state index is 0.0214. The molecular formula is C17H26N6O. The second-order valence-corrected chi connectivity index (χ2v) is 6.77. The lowest BCUT2D eigenvalue weighted by Crippen LogP contribution is -2.40. The molecule has 0 spiro atoms. The monoisotopic (exact) mass is 330 g/mol. The molecule has 24 heavy (non-hydrogen) atoms. The third kappa shape index (κ3) is 3.51. The molecule has 2 N–H and O–H groups in total. The third-order valence-corrected chi connectivity index (χ3v) is 4.79. The molecule has 2 aromatic rings. The van der Waals surface area contributed by atoms with Crippen molar-refractivity contribution in [2.75, 3.05) is 25.0 Å². The molecule has 1 saturated heterocycles. The van der Waals surface area contributed by atoms with Crippen LogP contribution in [0.4, 0.5) is 5.69 Å². The largest absolute Gasteiger partial charge is 0.322 e. The molecule has 0 radical (unpaired) electrons. The molecule has 1 aliphatic heterocycles. The molecule has 0 aromatic carbocycles. The van der Waals surface area contributed by atoms with E-state index in [1.54, 1.807) is 4.68 Å². The van der Waals surface area contributed by atoms with Gasteiger partial charge in [0.2, 0.25) is 5.91 Å². The summed E-state index contributed by atoms with van der Waals surface area (Å²) < 4.78 is 1.79. The number of nitrogens with one attached hydrogen (secondary N) is 2. The molecule has 130 valence electrons. The zero-order chi connectivity index (χ0) is 17.3. The van der Waals surface area contributed by atoms with Gasteiger partial charge in [-0.05, 0) is 46.2 Å². The molecule has 0 aliphatic carbocycles. The van der Waals surface area contributed by atoms with Gasteiger partial charge in [-0.1, -0.05) is 0 Å². The molecule has 3 rings (SSSR count).